The summed E-state index contributed by atoms with van der Waals surface area (Å²) in [6.45, 7) is 0. The van der Waals surface area contributed by atoms with E-state index in [0.29, 0.717) is 17.4 Å². The Kier molecular flexibility index (Phi) is 3.24. The molecule has 0 aliphatic heterocycles. The molecule has 88 valence electrons. The van der Waals surface area contributed by atoms with Gasteiger partial charge in [-0.2, -0.15) is 0 Å². The van der Waals surface area contributed by atoms with Gasteiger partial charge in [0.1, 0.15) is 16.4 Å². The van der Waals surface area contributed by atoms with E-state index in [0.717, 1.165) is 11.3 Å². The smallest absolute Gasteiger partial charge is 0.346 e. The molecule has 0 aliphatic carbocycles. The lowest BCUT2D eigenvalue weighted by atomic mass is 10.4. The van der Waals surface area contributed by atoms with E-state index in [9.17, 15) is 4.79 Å². The first kappa shape index (κ1) is 11.4. The van der Waals surface area contributed by atoms with Crippen LogP contribution < -0.4 is 9.47 Å². The number of thiophene rings is 1. The molecule has 0 aromatic carbocycles. The standard InChI is InChI=1S/C11H9NO4S/c1-15-10-5-7(2-3-12-10)16-8-4-9(11(13)14)17-6-8/h2-6H,1H3,(H,13,14). The van der Waals surface area contributed by atoms with Crippen molar-refractivity contribution >= 4 is 17.3 Å². The number of carboxylic acids is 1. The van der Waals surface area contributed by atoms with Crippen LogP contribution in [-0.4, -0.2) is 23.2 Å². The van der Waals surface area contributed by atoms with Gasteiger partial charge >= 0.3 is 5.97 Å². The van der Waals surface area contributed by atoms with Crippen molar-refractivity contribution in [1.82, 2.24) is 4.98 Å². The molecule has 5 nitrogen and oxygen atoms in total. The largest absolute Gasteiger partial charge is 0.481 e. The molecule has 2 rings (SSSR count). The summed E-state index contributed by atoms with van der Waals surface area (Å²) in [4.78, 5) is 14.9. The van der Waals surface area contributed by atoms with Crippen LogP contribution in [0.2, 0.25) is 0 Å². The van der Waals surface area contributed by atoms with Crippen molar-refractivity contribution in [1.29, 1.82) is 0 Å². The third kappa shape index (κ3) is 2.73. The van der Waals surface area contributed by atoms with E-state index in [2.05, 4.69) is 4.98 Å². The number of hydrogen-bond acceptors (Lipinski definition) is 5. The molecule has 17 heavy (non-hydrogen) atoms. The Hall–Kier alpha value is -2.08. The van der Waals surface area contributed by atoms with Gasteiger partial charge in [0, 0.05) is 23.7 Å². The maximum Gasteiger partial charge on any atom is 0.346 e. The lowest BCUT2D eigenvalue weighted by Crippen LogP contribution is -1.91. The van der Waals surface area contributed by atoms with Crippen LogP contribution in [0.25, 0.3) is 0 Å². The van der Waals surface area contributed by atoms with Crippen LogP contribution in [-0.2, 0) is 0 Å². The second-order valence-electron chi connectivity index (χ2n) is 3.09. The predicted octanol–water partition coefficient (Wildman–Crippen LogP) is 2.64. The minimum Gasteiger partial charge on any atom is -0.481 e. The van der Waals surface area contributed by atoms with E-state index in [1.54, 1.807) is 23.7 Å². The molecule has 6 heteroatoms. The molecule has 1 N–H and O–H groups in total. The van der Waals surface area contributed by atoms with E-state index in [-0.39, 0.29) is 4.88 Å². The Morgan fingerprint density at radius 1 is 1.41 bits per heavy atom. The highest BCUT2D eigenvalue weighted by atomic mass is 32.1. The van der Waals surface area contributed by atoms with Gasteiger partial charge in [-0.15, -0.1) is 11.3 Å². The number of pyridine rings is 1. The summed E-state index contributed by atoms with van der Waals surface area (Å²) >= 11 is 1.12. The Balaban J connectivity index is 2.16. The zero-order chi connectivity index (χ0) is 12.3. The van der Waals surface area contributed by atoms with Gasteiger partial charge in [0.2, 0.25) is 5.88 Å². The summed E-state index contributed by atoms with van der Waals surface area (Å²) < 4.78 is 10.4. The topological polar surface area (TPSA) is 68.7 Å². The van der Waals surface area contributed by atoms with Crippen LogP contribution >= 0.6 is 11.3 Å². The fourth-order valence-electron chi connectivity index (χ4n) is 1.19. The normalized spacial score (nSPS) is 9.94. The average Bonchev–Trinajstić information content (AvgIpc) is 2.78. The fraction of sp³-hybridized carbons (Fsp3) is 0.0909. The fourth-order valence-corrected chi connectivity index (χ4v) is 1.83. The van der Waals surface area contributed by atoms with Crippen molar-refractivity contribution in [2.45, 2.75) is 0 Å². The van der Waals surface area contributed by atoms with Gasteiger partial charge in [-0.1, -0.05) is 0 Å². The zero-order valence-corrected chi connectivity index (χ0v) is 9.73. The molecule has 2 heterocycles. The molecular weight excluding hydrogens is 242 g/mol. The third-order valence-electron chi connectivity index (χ3n) is 1.94. The number of methoxy groups -OCH3 is 1. The van der Waals surface area contributed by atoms with Gasteiger partial charge in [0.25, 0.3) is 0 Å². The molecule has 0 atom stereocenters. The minimum atomic E-state index is -0.961. The first-order valence-corrected chi connectivity index (χ1v) is 5.57. The minimum absolute atomic E-state index is 0.237. The number of nitrogens with zero attached hydrogens (tertiary/aromatic N) is 1. The molecule has 2 aromatic heterocycles. The van der Waals surface area contributed by atoms with Crippen molar-refractivity contribution < 1.29 is 19.4 Å². The summed E-state index contributed by atoms with van der Waals surface area (Å²) in [6, 6.07) is 4.76. The van der Waals surface area contributed by atoms with Gasteiger partial charge in [-0.05, 0) is 6.07 Å². The third-order valence-corrected chi connectivity index (χ3v) is 2.83. The number of carboxylic acid groups (broad SMARTS) is 1. The number of carbonyl (C=O) groups is 1. The van der Waals surface area contributed by atoms with E-state index < -0.39 is 5.97 Å². The van der Waals surface area contributed by atoms with Gasteiger partial charge in [-0.25, -0.2) is 9.78 Å². The van der Waals surface area contributed by atoms with Crippen molar-refractivity contribution in [2.24, 2.45) is 0 Å². The molecule has 0 saturated carbocycles. The molecule has 0 radical (unpaired) electrons. The molecule has 0 bridgehead atoms. The molecular formula is C11H9NO4S. The van der Waals surface area contributed by atoms with Crippen LogP contribution in [0.15, 0.2) is 29.8 Å². The lowest BCUT2D eigenvalue weighted by Gasteiger charge is -2.04. The van der Waals surface area contributed by atoms with Crippen molar-refractivity contribution in [3.05, 3.63) is 34.7 Å². The van der Waals surface area contributed by atoms with Crippen molar-refractivity contribution in [2.75, 3.05) is 7.11 Å². The number of ether oxygens (including phenoxy) is 2. The highest BCUT2D eigenvalue weighted by Crippen LogP contribution is 2.28. The number of aromatic carboxylic acids is 1. The number of hydrogen-bond donors (Lipinski definition) is 1. The number of rotatable bonds is 4. The average molecular weight is 251 g/mol. The first-order valence-electron chi connectivity index (χ1n) is 4.69. The Morgan fingerprint density at radius 3 is 2.88 bits per heavy atom. The molecule has 0 spiro atoms. The molecule has 2 aromatic rings. The van der Waals surface area contributed by atoms with Gasteiger partial charge in [0.05, 0.1) is 7.11 Å². The van der Waals surface area contributed by atoms with E-state index in [4.69, 9.17) is 14.6 Å². The van der Waals surface area contributed by atoms with Crippen LogP contribution in [0.5, 0.6) is 17.4 Å². The van der Waals surface area contributed by atoms with Crippen LogP contribution in [0, 0.1) is 0 Å². The molecule has 0 amide bonds. The Labute approximate surface area is 101 Å². The predicted molar refractivity (Wildman–Crippen MR) is 62.1 cm³/mol. The van der Waals surface area contributed by atoms with Gasteiger partial charge in [-0.3, -0.25) is 0 Å². The summed E-state index contributed by atoms with van der Waals surface area (Å²) in [6.07, 6.45) is 1.55. The van der Waals surface area contributed by atoms with Crippen LogP contribution in [0.1, 0.15) is 9.67 Å². The molecule has 0 saturated heterocycles. The quantitative estimate of drug-likeness (QED) is 0.904. The lowest BCUT2D eigenvalue weighted by molar-refractivity contribution is 0.0702. The summed E-state index contributed by atoms with van der Waals surface area (Å²) in [5.41, 5.74) is 0. The SMILES string of the molecule is COc1cc(Oc2csc(C(=O)O)c2)ccn1. The van der Waals surface area contributed by atoms with Crippen LogP contribution in [0.4, 0.5) is 0 Å². The zero-order valence-electron chi connectivity index (χ0n) is 8.91. The van der Waals surface area contributed by atoms with E-state index in [1.165, 1.54) is 13.2 Å². The Morgan fingerprint density at radius 2 is 2.24 bits per heavy atom. The summed E-state index contributed by atoms with van der Waals surface area (Å²) in [7, 11) is 1.51. The first-order chi connectivity index (χ1) is 8.19. The van der Waals surface area contributed by atoms with E-state index in [1.807, 2.05) is 0 Å². The van der Waals surface area contributed by atoms with Crippen molar-refractivity contribution in [3.8, 4) is 17.4 Å². The van der Waals surface area contributed by atoms with Gasteiger partial charge in [0.15, 0.2) is 0 Å². The summed E-state index contributed by atoms with van der Waals surface area (Å²) in [5, 5.41) is 10.4. The van der Waals surface area contributed by atoms with Crippen molar-refractivity contribution in [3.63, 3.8) is 0 Å². The maximum absolute atomic E-state index is 10.7. The highest BCUT2D eigenvalue weighted by Gasteiger charge is 2.08. The molecule has 0 aliphatic rings. The second-order valence-corrected chi connectivity index (χ2v) is 4.00. The van der Waals surface area contributed by atoms with Gasteiger partial charge < -0.3 is 14.6 Å². The molecule has 0 unspecified atom stereocenters. The second kappa shape index (κ2) is 4.84. The van der Waals surface area contributed by atoms with E-state index >= 15 is 0 Å². The highest BCUT2D eigenvalue weighted by molar-refractivity contribution is 7.12. The monoisotopic (exact) mass is 251 g/mol. The molecule has 0 fully saturated rings. The maximum atomic E-state index is 10.7. The van der Waals surface area contributed by atoms with Crippen LogP contribution in [0.3, 0.4) is 0 Å². The Bertz CT molecular complexity index is 538. The number of aromatic nitrogens is 1. The summed E-state index contributed by atoms with van der Waals surface area (Å²) in [5.74, 6) is 0.514.